The quantitative estimate of drug-likeness (QED) is 0.693. The van der Waals surface area contributed by atoms with E-state index in [-0.39, 0.29) is 12.4 Å². The van der Waals surface area contributed by atoms with E-state index in [4.69, 9.17) is 0 Å². The standard InChI is InChI=1S/C12H21N.ClH/c1-3-5-8-12-10-6-9-11(13-12)7-4-2;/h4,6,10-13H,2-3,5,7-9H2,1H3;1H/t11-,12-;/m1./s1. The third-order valence-electron chi connectivity index (χ3n) is 2.56. The van der Waals surface area contributed by atoms with Crippen LogP contribution in [-0.4, -0.2) is 12.1 Å². The molecule has 0 bridgehead atoms. The zero-order valence-electron chi connectivity index (χ0n) is 9.04. The van der Waals surface area contributed by atoms with Crippen molar-refractivity contribution in [1.82, 2.24) is 5.32 Å². The maximum atomic E-state index is 3.78. The first-order valence-electron chi connectivity index (χ1n) is 5.40. The molecule has 1 heterocycles. The second-order valence-corrected chi connectivity index (χ2v) is 3.80. The van der Waals surface area contributed by atoms with E-state index in [1.165, 1.54) is 19.3 Å². The van der Waals surface area contributed by atoms with E-state index in [0.717, 1.165) is 12.8 Å². The fourth-order valence-corrected chi connectivity index (χ4v) is 1.80. The Bertz CT molecular complexity index is 177. The Kier molecular flexibility index (Phi) is 7.92. The van der Waals surface area contributed by atoms with Crippen LogP contribution in [0.2, 0.25) is 0 Å². The summed E-state index contributed by atoms with van der Waals surface area (Å²) in [5.41, 5.74) is 0. The van der Waals surface area contributed by atoms with Crippen LogP contribution in [0.25, 0.3) is 0 Å². The molecule has 0 aromatic carbocycles. The molecule has 1 N–H and O–H groups in total. The normalized spacial score (nSPS) is 25.5. The molecule has 1 aliphatic rings. The average molecular weight is 216 g/mol. The maximum absolute atomic E-state index is 3.78. The minimum absolute atomic E-state index is 0. The molecule has 0 saturated heterocycles. The first kappa shape index (κ1) is 13.7. The van der Waals surface area contributed by atoms with Crippen molar-refractivity contribution in [2.24, 2.45) is 0 Å². The SMILES string of the molecule is C=CC[C@@H]1CC=C[C@@H](CCCC)N1.Cl. The molecule has 0 unspecified atom stereocenters. The first-order valence-corrected chi connectivity index (χ1v) is 5.40. The van der Waals surface area contributed by atoms with E-state index in [0.29, 0.717) is 12.1 Å². The van der Waals surface area contributed by atoms with Gasteiger partial charge in [-0.2, -0.15) is 0 Å². The molecule has 1 aliphatic heterocycles. The van der Waals surface area contributed by atoms with Gasteiger partial charge in [-0.15, -0.1) is 19.0 Å². The molecule has 1 nitrogen and oxygen atoms in total. The van der Waals surface area contributed by atoms with Gasteiger partial charge >= 0.3 is 0 Å². The zero-order chi connectivity index (χ0) is 9.52. The largest absolute Gasteiger partial charge is 0.307 e. The Morgan fingerprint density at radius 2 is 2.36 bits per heavy atom. The number of halogens is 1. The van der Waals surface area contributed by atoms with Crippen molar-refractivity contribution in [3.05, 3.63) is 24.8 Å². The highest BCUT2D eigenvalue weighted by atomic mass is 35.5. The van der Waals surface area contributed by atoms with Crippen molar-refractivity contribution in [3.63, 3.8) is 0 Å². The summed E-state index contributed by atoms with van der Waals surface area (Å²) in [5.74, 6) is 0. The zero-order valence-corrected chi connectivity index (χ0v) is 9.85. The van der Waals surface area contributed by atoms with Crippen molar-refractivity contribution in [2.75, 3.05) is 0 Å². The van der Waals surface area contributed by atoms with Gasteiger partial charge in [-0.25, -0.2) is 0 Å². The lowest BCUT2D eigenvalue weighted by Crippen LogP contribution is -2.39. The molecule has 0 saturated carbocycles. The average Bonchev–Trinajstić information content (AvgIpc) is 2.16. The fraction of sp³-hybridized carbons (Fsp3) is 0.667. The molecule has 0 aromatic heterocycles. The highest BCUT2D eigenvalue weighted by Crippen LogP contribution is 2.12. The van der Waals surface area contributed by atoms with Gasteiger partial charge in [0.2, 0.25) is 0 Å². The molecule has 2 atom stereocenters. The van der Waals surface area contributed by atoms with E-state index in [2.05, 4.69) is 31.0 Å². The molecule has 0 radical (unpaired) electrons. The summed E-state index contributed by atoms with van der Waals surface area (Å²) < 4.78 is 0. The summed E-state index contributed by atoms with van der Waals surface area (Å²) in [6.45, 7) is 6.02. The van der Waals surface area contributed by atoms with Crippen molar-refractivity contribution in [2.45, 2.75) is 51.1 Å². The number of nitrogens with one attached hydrogen (secondary N) is 1. The van der Waals surface area contributed by atoms with Gasteiger partial charge in [0.05, 0.1) is 0 Å². The van der Waals surface area contributed by atoms with Gasteiger partial charge in [-0.3, -0.25) is 0 Å². The summed E-state index contributed by atoms with van der Waals surface area (Å²) in [6, 6.07) is 1.24. The molecule has 14 heavy (non-hydrogen) atoms. The highest BCUT2D eigenvalue weighted by Gasteiger charge is 2.14. The minimum Gasteiger partial charge on any atom is -0.307 e. The number of rotatable bonds is 5. The van der Waals surface area contributed by atoms with Crippen LogP contribution in [0.5, 0.6) is 0 Å². The van der Waals surface area contributed by atoms with E-state index < -0.39 is 0 Å². The number of unbranched alkanes of at least 4 members (excludes halogenated alkanes) is 1. The molecule has 2 heteroatoms. The predicted octanol–water partition coefficient (Wildman–Crippen LogP) is 3.46. The summed E-state index contributed by atoms with van der Waals surface area (Å²) in [7, 11) is 0. The summed E-state index contributed by atoms with van der Waals surface area (Å²) in [6.07, 6.45) is 12.8. The smallest absolute Gasteiger partial charge is 0.0252 e. The van der Waals surface area contributed by atoms with Crippen LogP contribution in [0.3, 0.4) is 0 Å². The Morgan fingerprint density at radius 3 is 3.00 bits per heavy atom. The topological polar surface area (TPSA) is 12.0 Å². The third kappa shape index (κ3) is 4.83. The summed E-state index contributed by atoms with van der Waals surface area (Å²) in [5, 5.41) is 3.63. The van der Waals surface area contributed by atoms with E-state index >= 15 is 0 Å². The predicted molar refractivity (Wildman–Crippen MR) is 66.1 cm³/mol. The van der Waals surface area contributed by atoms with Gasteiger partial charge in [-0.05, 0) is 19.3 Å². The van der Waals surface area contributed by atoms with Crippen LogP contribution in [0.1, 0.15) is 39.0 Å². The monoisotopic (exact) mass is 215 g/mol. The van der Waals surface area contributed by atoms with Gasteiger partial charge in [0.15, 0.2) is 0 Å². The summed E-state index contributed by atoms with van der Waals surface area (Å²) >= 11 is 0. The van der Waals surface area contributed by atoms with Gasteiger partial charge in [0.25, 0.3) is 0 Å². The van der Waals surface area contributed by atoms with Gasteiger partial charge in [-0.1, -0.05) is 38.0 Å². The molecule has 0 aliphatic carbocycles. The van der Waals surface area contributed by atoms with Crippen LogP contribution < -0.4 is 5.32 Å². The summed E-state index contributed by atoms with van der Waals surface area (Å²) in [4.78, 5) is 0. The van der Waals surface area contributed by atoms with Crippen LogP contribution in [-0.2, 0) is 0 Å². The van der Waals surface area contributed by atoms with Gasteiger partial charge in [0.1, 0.15) is 0 Å². The van der Waals surface area contributed by atoms with Crippen LogP contribution >= 0.6 is 12.4 Å². The molecule has 0 aromatic rings. The molecule has 82 valence electrons. The number of hydrogen-bond donors (Lipinski definition) is 1. The lowest BCUT2D eigenvalue weighted by Gasteiger charge is -2.26. The maximum Gasteiger partial charge on any atom is 0.0252 e. The van der Waals surface area contributed by atoms with E-state index in [1.54, 1.807) is 0 Å². The Labute approximate surface area is 94.1 Å². The van der Waals surface area contributed by atoms with Gasteiger partial charge in [0, 0.05) is 12.1 Å². The molecule has 0 amide bonds. The van der Waals surface area contributed by atoms with E-state index in [9.17, 15) is 0 Å². The van der Waals surface area contributed by atoms with Crippen molar-refractivity contribution < 1.29 is 0 Å². The molecular weight excluding hydrogens is 194 g/mol. The van der Waals surface area contributed by atoms with Crippen LogP contribution in [0, 0.1) is 0 Å². The Morgan fingerprint density at radius 1 is 1.57 bits per heavy atom. The lowest BCUT2D eigenvalue weighted by atomic mass is 10.00. The van der Waals surface area contributed by atoms with Crippen molar-refractivity contribution in [1.29, 1.82) is 0 Å². The van der Waals surface area contributed by atoms with E-state index in [1.807, 2.05) is 6.08 Å². The number of hydrogen-bond acceptors (Lipinski definition) is 1. The minimum atomic E-state index is 0. The fourth-order valence-electron chi connectivity index (χ4n) is 1.80. The van der Waals surface area contributed by atoms with Crippen LogP contribution in [0.15, 0.2) is 24.8 Å². The third-order valence-corrected chi connectivity index (χ3v) is 2.56. The first-order chi connectivity index (χ1) is 6.36. The Hall–Kier alpha value is -0.270. The molecule has 0 spiro atoms. The lowest BCUT2D eigenvalue weighted by molar-refractivity contribution is 0.429. The Balaban J connectivity index is 0.00000169. The second kappa shape index (κ2) is 8.07. The van der Waals surface area contributed by atoms with Crippen molar-refractivity contribution >= 4 is 12.4 Å². The molecular formula is C12H22ClN. The molecule has 0 fully saturated rings. The second-order valence-electron chi connectivity index (χ2n) is 3.80. The van der Waals surface area contributed by atoms with Crippen molar-refractivity contribution in [3.8, 4) is 0 Å². The van der Waals surface area contributed by atoms with Crippen LogP contribution in [0.4, 0.5) is 0 Å². The molecule has 1 rings (SSSR count). The van der Waals surface area contributed by atoms with Gasteiger partial charge < -0.3 is 5.32 Å². The highest BCUT2D eigenvalue weighted by molar-refractivity contribution is 5.85.